The molecule has 1 aromatic rings. The molecule has 1 saturated carbocycles. The largest absolute Gasteiger partial charge is 0.444 e. The molecule has 2 fully saturated rings. The maximum atomic E-state index is 13.9. The molecule has 6 amide bonds. The molecule has 14 nitrogen and oxygen atoms in total. The summed E-state index contributed by atoms with van der Waals surface area (Å²) in [6.45, 7) is 12.8. The summed E-state index contributed by atoms with van der Waals surface area (Å²) in [4.78, 5) is 94.8. The summed E-state index contributed by atoms with van der Waals surface area (Å²) in [5, 5.41) is 10.3. The van der Waals surface area contributed by atoms with Gasteiger partial charge in [-0.3, -0.25) is 28.8 Å². The first-order valence-corrected chi connectivity index (χ1v) is 18.6. The molecule has 0 radical (unpaired) electrons. The van der Waals surface area contributed by atoms with Crippen molar-refractivity contribution in [3.05, 3.63) is 48.6 Å². The topological polar surface area (TPSA) is 183 Å². The van der Waals surface area contributed by atoms with E-state index in [1.54, 1.807) is 71.3 Å². The van der Waals surface area contributed by atoms with Gasteiger partial charge in [0.25, 0.3) is 5.91 Å². The van der Waals surface area contributed by atoms with E-state index in [9.17, 15) is 33.6 Å². The molecule has 1 aliphatic carbocycles. The zero-order valence-electron chi connectivity index (χ0n) is 32.5. The van der Waals surface area contributed by atoms with Crippen molar-refractivity contribution >= 4 is 41.4 Å². The lowest BCUT2D eigenvalue weighted by Crippen LogP contribution is -2.58. The van der Waals surface area contributed by atoms with Gasteiger partial charge in [-0.1, -0.05) is 69.5 Å². The second-order valence-corrected chi connectivity index (χ2v) is 14.7. The Labute approximate surface area is 314 Å². The molecule has 1 aromatic carbocycles. The summed E-state index contributed by atoms with van der Waals surface area (Å²) in [5.74, 6) is -4.23. The molecule has 1 aliphatic heterocycles. The number of benzene rings is 1. The molecule has 0 aromatic heterocycles. The lowest BCUT2D eigenvalue weighted by Gasteiger charge is -2.32. The zero-order chi connectivity index (χ0) is 39.7. The maximum Gasteiger partial charge on any atom is 0.408 e. The van der Waals surface area contributed by atoms with Gasteiger partial charge >= 0.3 is 6.09 Å². The van der Waals surface area contributed by atoms with Crippen LogP contribution in [0.2, 0.25) is 0 Å². The minimum atomic E-state index is -1.25. The Bertz CT molecular complexity index is 1420. The number of allylic oxidation sites excluding steroid dienone is 1. The van der Waals surface area contributed by atoms with Crippen LogP contribution in [0.25, 0.3) is 0 Å². The fourth-order valence-corrected chi connectivity index (χ4v) is 6.22. The van der Waals surface area contributed by atoms with E-state index in [1.807, 2.05) is 0 Å². The zero-order valence-corrected chi connectivity index (χ0v) is 32.5. The van der Waals surface area contributed by atoms with Crippen LogP contribution in [0.5, 0.6) is 0 Å². The van der Waals surface area contributed by atoms with Gasteiger partial charge < -0.3 is 35.8 Å². The number of ketones is 1. The minimum Gasteiger partial charge on any atom is -0.444 e. The van der Waals surface area contributed by atoms with E-state index >= 15 is 0 Å². The summed E-state index contributed by atoms with van der Waals surface area (Å²) in [7, 11) is 3.11. The number of hydrogen-bond donors (Lipinski definition) is 4. The van der Waals surface area contributed by atoms with E-state index < -0.39 is 65.9 Å². The first-order chi connectivity index (χ1) is 25.0. The number of amides is 6. The number of Topliss-reactive ketones (excluding diaryl/α,β-unsaturated/α-hetero) is 1. The highest BCUT2D eigenvalue weighted by Gasteiger charge is 2.42. The summed E-state index contributed by atoms with van der Waals surface area (Å²) >= 11 is 0. The number of likely N-dealkylation sites (tertiary alicyclic amines) is 1. The third-order valence-electron chi connectivity index (χ3n) is 8.70. The van der Waals surface area contributed by atoms with Crippen LogP contribution in [0.4, 0.5) is 4.79 Å². The van der Waals surface area contributed by atoms with Crippen molar-refractivity contribution in [3.8, 4) is 0 Å². The smallest absolute Gasteiger partial charge is 0.408 e. The number of likely N-dealkylation sites (N-methyl/N-ethyl adjacent to an activating group) is 1. The van der Waals surface area contributed by atoms with Gasteiger partial charge in [-0.05, 0) is 70.8 Å². The van der Waals surface area contributed by atoms with Gasteiger partial charge in [0.2, 0.25) is 29.4 Å². The van der Waals surface area contributed by atoms with Gasteiger partial charge in [0.15, 0.2) is 0 Å². The minimum absolute atomic E-state index is 0.0622. The molecule has 294 valence electrons. The van der Waals surface area contributed by atoms with Gasteiger partial charge in [0.05, 0.1) is 12.6 Å². The number of nitrogens with one attached hydrogen (secondary N) is 4. The fourth-order valence-electron chi connectivity index (χ4n) is 6.22. The Morgan fingerprint density at radius 1 is 0.943 bits per heavy atom. The summed E-state index contributed by atoms with van der Waals surface area (Å²) < 4.78 is 5.42. The van der Waals surface area contributed by atoms with Crippen LogP contribution in [-0.4, -0.2) is 102 Å². The van der Waals surface area contributed by atoms with Crippen molar-refractivity contribution in [1.29, 1.82) is 0 Å². The number of alkyl carbamates (subject to hydrolysis) is 1. The first-order valence-electron chi connectivity index (χ1n) is 18.6. The van der Waals surface area contributed by atoms with E-state index in [0.717, 1.165) is 25.7 Å². The number of hydrogen-bond acceptors (Lipinski definition) is 8. The molecule has 2 aliphatic rings. The summed E-state index contributed by atoms with van der Waals surface area (Å²) in [5.41, 5.74) is -0.217. The highest BCUT2D eigenvalue weighted by Crippen LogP contribution is 2.30. The van der Waals surface area contributed by atoms with E-state index in [2.05, 4.69) is 41.7 Å². The van der Waals surface area contributed by atoms with E-state index in [1.165, 1.54) is 16.2 Å². The SMILES string of the molecule is C=CCCC(NC(=O)[C@@H]1CCCN1C(=O)[C@@H](NC(=O)OC(C)(C)C)C1CCCC1)C(=O)C(=O)NCC(=O)N[C@H](C(=O)N(C)C)c1ccccc1.CCC. The lowest BCUT2D eigenvalue weighted by molar-refractivity contribution is -0.143. The molecule has 4 N–H and O–H groups in total. The molecule has 4 atom stereocenters. The second kappa shape index (κ2) is 21.7. The Morgan fingerprint density at radius 3 is 2.13 bits per heavy atom. The molecule has 1 saturated heterocycles. The van der Waals surface area contributed by atoms with Crippen molar-refractivity contribution in [2.24, 2.45) is 5.92 Å². The maximum absolute atomic E-state index is 13.9. The first kappa shape index (κ1) is 44.4. The molecule has 0 bridgehead atoms. The Kier molecular flexibility index (Phi) is 18.2. The highest BCUT2D eigenvalue weighted by molar-refractivity contribution is 6.38. The number of nitrogens with zero attached hydrogens (tertiary/aromatic N) is 2. The van der Waals surface area contributed by atoms with Gasteiger partial charge in [-0.25, -0.2) is 4.79 Å². The highest BCUT2D eigenvalue weighted by atomic mass is 16.6. The third kappa shape index (κ3) is 14.3. The molecule has 53 heavy (non-hydrogen) atoms. The monoisotopic (exact) mass is 740 g/mol. The van der Waals surface area contributed by atoms with Gasteiger partial charge in [-0.2, -0.15) is 0 Å². The molecule has 1 unspecified atom stereocenters. The van der Waals surface area contributed by atoms with E-state index in [-0.39, 0.29) is 30.7 Å². The van der Waals surface area contributed by atoms with Crippen LogP contribution in [0.1, 0.15) is 104 Å². The molecule has 1 heterocycles. The molecule has 14 heteroatoms. The van der Waals surface area contributed by atoms with Crippen molar-refractivity contribution in [1.82, 2.24) is 31.1 Å². The predicted octanol–water partition coefficient (Wildman–Crippen LogP) is 3.56. The Hall–Kier alpha value is -4.75. The van der Waals surface area contributed by atoms with Gasteiger partial charge in [-0.15, -0.1) is 6.58 Å². The average Bonchev–Trinajstić information content (AvgIpc) is 3.83. The fraction of sp³-hybridized carbons (Fsp3) is 0.615. The van der Waals surface area contributed by atoms with Gasteiger partial charge in [0, 0.05) is 20.6 Å². The third-order valence-corrected chi connectivity index (χ3v) is 8.70. The van der Waals surface area contributed by atoms with E-state index in [4.69, 9.17) is 4.74 Å². The van der Waals surface area contributed by atoms with Crippen LogP contribution in [0.3, 0.4) is 0 Å². The molecular formula is C39H60N6O8. The normalized spacial score (nSPS) is 17.2. The van der Waals surface area contributed by atoms with Crippen LogP contribution >= 0.6 is 0 Å². The number of carbonyl (C=O) groups is 7. The van der Waals surface area contributed by atoms with Crippen molar-refractivity contribution in [2.45, 2.75) is 122 Å². The predicted molar refractivity (Wildman–Crippen MR) is 201 cm³/mol. The van der Waals surface area contributed by atoms with Crippen LogP contribution in [-0.2, 0) is 33.5 Å². The van der Waals surface area contributed by atoms with E-state index in [0.29, 0.717) is 24.8 Å². The van der Waals surface area contributed by atoms with Crippen molar-refractivity contribution < 1.29 is 38.3 Å². The lowest BCUT2D eigenvalue weighted by atomic mass is 9.96. The number of rotatable bonds is 15. The van der Waals surface area contributed by atoms with Crippen molar-refractivity contribution in [2.75, 3.05) is 27.2 Å². The van der Waals surface area contributed by atoms with Crippen LogP contribution < -0.4 is 21.3 Å². The molecular weight excluding hydrogens is 680 g/mol. The van der Waals surface area contributed by atoms with Crippen LogP contribution in [0, 0.1) is 5.92 Å². The molecule has 0 spiro atoms. The quantitative estimate of drug-likeness (QED) is 0.156. The standard InChI is InChI=1S/C36H52N6O8.C3H8/c1-7-8-19-25(30(44)32(46)37-22-27(43)39-28(33(47)41(5)6)23-15-10-9-11-16-23)38-31(45)26-20-14-21-42(26)34(48)29(24-17-12-13-18-24)40-35(49)50-36(2,3)4;1-3-2/h7,9-11,15-16,24-26,28-29H,1,8,12-14,17-22H2,2-6H3,(H,37,46)(H,38,45)(H,39,43)(H,40,49);3H2,1-2H3/t25?,26-,28-,29-;/m0./s1. The number of ether oxygens (including phenoxy) is 1. The van der Waals surface area contributed by atoms with Gasteiger partial charge in [0.1, 0.15) is 23.7 Å². The summed E-state index contributed by atoms with van der Waals surface area (Å²) in [6.07, 6.45) is 6.67. The Morgan fingerprint density at radius 2 is 1.57 bits per heavy atom. The number of carbonyl (C=O) groups excluding carboxylic acids is 7. The average molecular weight is 741 g/mol. The van der Waals surface area contributed by atoms with Crippen LogP contribution in [0.15, 0.2) is 43.0 Å². The summed E-state index contributed by atoms with van der Waals surface area (Å²) in [6, 6.07) is 4.56. The molecule has 3 rings (SSSR count). The van der Waals surface area contributed by atoms with Crippen molar-refractivity contribution in [3.63, 3.8) is 0 Å². The second-order valence-electron chi connectivity index (χ2n) is 14.7. The Balaban J connectivity index is 0.00000313.